The molecule has 2 aromatic rings. The van der Waals surface area contributed by atoms with Crippen molar-refractivity contribution in [3.05, 3.63) is 59.7 Å². The highest BCUT2D eigenvalue weighted by molar-refractivity contribution is 6.00. The number of methoxy groups -OCH3 is 2. The van der Waals surface area contributed by atoms with Crippen LogP contribution in [0, 0.1) is 0 Å². The summed E-state index contributed by atoms with van der Waals surface area (Å²) < 4.78 is 10.8. The van der Waals surface area contributed by atoms with Gasteiger partial charge in [0.2, 0.25) is 0 Å². The molecule has 2 aromatic carbocycles. The van der Waals surface area contributed by atoms with E-state index in [0.717, 1.165) is 13.0 Å². The number of ether oxygens (including phenoxy) is 2. The molecular formula is C20H23NO3. The first-order valence-corrected chi connectivity index (χ1v) is 8.24. The third-order valence-corrected chi connectivity index (χ3v) is 4.89. The molecular weight excluding hydrogens is 302 g/mol. The summed E-state index contributed by atoms with van der Waals surface area (Å²) in [7, 11) is 3.15. The summed E-state index contributed by atoms with van der Waals surface area (Å²) in [4.78, 5) is 15.1. The second kappa shape index (κ2) is 6.95. The fourth-order valence-corrected chi connectivity index (χ4v) is 3.58. The van der Waals surface area contributed by atoms with E-state index in [0.29, 0.717) is 23.0 Å². The lowest BCUT2D eigenvalue weighted by molar-refractivity contribution is 0.0735. The number of hydrogen-bond acceptors (Lipinski definition) is 3. The molecule has 0 spiro atoms. The Hall–Kier alpha value is -2.49. The average molecular weight is 325 g/mol. The van der Waals surface area contributed by atoms with Gasteiger partial charge in [-0.1, -0.05) is 36.4 Å². The summed E-state index contributed by atoms with van der Waals surface area (Å²) in [5.74, 6) is 1.43. The Kier molecular flexibility index (Phi) is 4.74. The van der Waals surface area contributed by atoms with Gasteiger partial charge in [-0.3, -0.25) is 4.79 Å². The molecule has 126 valence electrons. The molecule has 1 saturated heterocycles. The maximum atomic E-state index is 13.2. The Morgan fingerprint density at radius 1 is 1.00 bits per heavy atom. The molecule has 1 amide bonds. The Morgan fingerprint density at radius 3 is 2.21 bits per heavy atom. The van der Waals surface area contributed by atoms with Crippen LogP contribution in [0.25, 0.3) is 0 Å². The molecule has 1 fully saturated rings. The highest BCUT2D eigenvalue weighted by atomic mass is 16.5. The second-order valence-corrected chi connectivity index (χ2v) is 6.08. The predicted octanol–water partition coefficient (Wildman–Crippen LogP) is 3.72. The molecule has 4 heteroatoms. The fraction of sp³-hybridized carbons (Fsp3) is 0.350. The minimum absolute atomic E-state index is 0.0322. The van der Waals surface area contributed by atoms with Crippen molar-refractivity contribution in [3.63, 3.8) is 0 Å². The number of likely N-dealkylation sites (tertiary alicyclic amines) is 1. The lowest BCUT2D eigenvalue weighted by Crippen LogP contribution is -2.35. The molecule has 1 aliphatic heterocycles. The van der Waals surface area contributed by atoms with E-state index in [2.05, 4.69) is 31.2 Å². The maximum Gasteiger partial charge on any atom is 0.261 e. The van der Waals surface area contributed by atoms with Gasteiger partial charge in [0.15, 0.2) is 0 Å². The normalized spacial score (nSPS) is 20.0. The van der Waals surface area contributed by atoms with Crippen molar-refractivity contribution in [2.24, 2.45) is 0 Å². The first-order valence-electron chi connectivity index (χ1n) is 8.24. The quantitative estimate of drug-likeness (QED) is 0.860. The van der Waals surface area contributed by atoms with E-state index in [1.54, 1.807) is 26.4 Å². The molecule has 2 unspecified atom stereocenters. The van der Waals surface area contributed by atoms with Gasteiger partial charge in [0.25, 0.3) is 5.91 Å². The summed E-state index contributed by atoms with van der Waals surface area (Å²) in [5, 5.41) is 0. The Balaban J connectivity index is 1.89. The number of carbonyl (C=O) groups is 1. The monoisotopic (exact) mass is 325 g/mol. The van der Waals surface area contributed by atoms with Crippen LogP contribution in [0.2, 0.25) is 0 Å². The van der Waals surface area contributed by atoms with Gasteiger partial charge in [-0.05, 0) is 31.0 Å². The van der Waals surface area contributed by atoms with Crippen molar-refractivity contribution in [2.75, 3.05) is 20.8 Å². The van der Waals surface area contributed by atoms with Crippen molar-refractivity contribution in [1.29, 1.82) is 0 Å². The Morgan fingerprint density at radius 2 is 1.62 bits per heavy atom. The van der Waals surface area contributed by atoms with E-state index in [-0.39, 0.29) is 11.9 Å². The lowest BCUT2D eigenvalue weighted by Gasteiger charge is -2.26. The molecule has 1 aliphatic rings. The number of nitrogens with zero attached hydrogens (tertiary/aromatic N) is 1. The molecule has 0 bridgehead atoms. The molecule has 2 atom stereocenters. The van der Waals surface area contributed by atoms with Crippen LogP contribution >= 0.6 is 0 Å². The van der Waals surface area contributed by atoms with Crippen LogP contribution in [0.3, 0.4) is 0 Å². The van der Waals surface area contributed by atoms with Gasteiger partial charge in [0.05, 0.1) is 14.2 Å². The van der Waals surface area contributed by atoms with Gasteiger partial charge >= 0.3 is 0 Å². The van der Waals surface area contributed by atoms with Gasteiger partial charge in [-0.15, -0.1) is 0 Å². The zero-order valence-corrected chi connectivity index (χ0v) is 14.4. The van der Waals surface area contributed by atoms with Crippen LogP contribution < -0.4 is 9.47 Å². The smallest absolute Gasteiger partial charge is 0.261 e. The van der Waals surface area contributed by atoms with Gasteiger partial charge in [-0.2, -0.15) is 0 Å². The number of amides is 1. The molecule has 0 aromatic heterocycles. The SMILES string of the molecule is COc1cccc(OC)c1C(=O)N1CCC(c2ccccc2)C1C. The number of hydrogen-bond donors (Lipinski definition) is 0. The topological polar surface area (TPSA) is 38.8 Å². The summed E-state index contributed by atoms with van der Waals surface area (Å²) in [6.07, 6.45) is 0.967. The minimum atomic E-state index is -0.0322. The van der Waals surface area contributed by atoms with Crippen LogP contribution in [0.15, 0.2) is 48.5 Å². The number of rotatable bonds is 4. The Labute approximate surface area is 143 Å². The number of benzene rings is 2. The standard InChI is InChI=1S/C20H23NO3/c1-14-16(15-8-5-4-6-9-15)12-13-21(14)20(22)19-17(23-2)10-7-11-18(19)24-3/h4-11,14,16H,12-13H2,1-3H3. The van der Waals surface area contributed by atoms with E-state index in [4.69, 9.17) is 9.47 Å². The molecule has 1 heterocycles. The molecule has 4 nitrogen and oxygen atoms in total. The van der Waals surface area contributed by atoms with Gasteiger partial charge in [0, 0.05) is 18.5 Å². The third kappa shape index (κ3) is 2.84. The van der Waals surface area contributed by atoms with Crippen molar-refractivity contribution in [2.45, 2.75) is 25.3 Å². The van der Waals surface area contributed by atoms with Gasteiger partial charge in [0.1, 0.15) is 17.1 Å². The summed E-state index contributed by atoms with van der Waals surface area (Å²) in [5.41, 5.74) is 1.79. The molecule has 0 radical (unpaired) electrons. The van der Waals surface area contributed by atoms with Crippen molar-refractivity contribution in [1.82, 2.24) is 4.90 Å². The summed E-state index contributed by atoms with van der Waals surface area (Å²) in [6.45, 7) is 2.85. The zero-order valence-electron chi connectivity index (χ0n) is 14.4. The number of carbonyl (C=O) groups excluding carboxylic acids is 1. The molecule has 0 saturated carbocycles. The van der Waals surface area contributed by atoms with Crippen LogP contribution in [0.1, 0.15) is 35.2 Å². The van der Waals surface area contributed by atoms with Crippen LogP contribution in [-0.4, -0.2) is 37.6 Å². The summed E-state index contributed by atoms with van der Waals surface area (Å²) in [6, 6.07) is 16.0. The second-order valence-electron chi connectivity index (χ2n) is 6.08. The van der Waals surface area contributed by atoms with E-state index in [1.807, 2.05) is 17.0 Å². The highest BCUT2D eigenvalue weighted by Crippen LogP contribution is 2.37. The molecule has 3 rings (SSSR count). The average Bonchev–Trinajstić information content (AvgIpc) is 3.02. The predicted molar refractivity (Wildman–Crippen MR) is 93.8 cm³/mol. The van der Waals surface area contributed by atoms with Crippen molar-refractivity contribution >= 4 is 5.91 Å². The minimum Gasteiger partial charge on any atom is -0.496 e. The lowest BCUT2D eigenvalue weighted by atomic mass is 9.93. The first kappa shape index (κ1) is 16.4. The fourth-order valence-electron chi connectivity index (χ4n) is 3.58. The zero-order chi connectivity index (χ0) is 17.1. The van der Waals surface area contributed by atoms with E-state index >= 15 is 0 Å². The third-order valence-electron chi connectivity index (χ3n) is 4.89. The van der Waals surface area contributed by atoms with Crippen LogP contribution in [0.5, 0.6) is 11.5 Å². The van der Waals surface area contributed by atoms with Gasteiger partial charge in [-0.25, -0.2) is 0 Å². The maximum absolute atomic E-state index is 13.2. The molecule has 0 N–H and O–H groups in total. The first-order chi connectivity index (χ1) is 11.7. The van der Waals surface area contributed by atoms with Crippen LogP contribution in [-0.2, 0) is 0 Å². The highest BCUT2D eigenvalue weighted by Gasteiger charge is 2.36. The van der Waals surface area contributed by atoms with Crippen LogP contribution in [0.4, 0.5) is 0 Å². The molecule has 0 aliphatic carbocycles. The molecule has 24 heavy (non-hydrogen) atoms. The largest absolute Gasteiger partial charge is 0.496 e. The van der Waals surface area contributed by atoms with Crippen molar-refractivity contribution < 1.29 is 14.3 Å². The van der Waals surface area contributed by atoms with Crippen molar-refractivity contribution in [3.8, 4) is 11.5 Å². The van der Waals surface area contributed by atoms with Gasteiger partial charge < -0.3 is 14.4 Å². The van der Waals surface area contributed by atoms with E-state index in [9.17, 15) is 4.79 Å². The summed E-state index contributed by atoms with van der Waals surface area (Å²) >= 11 is 0. The van der Waals surface area contributed by atoms with E-state index in [1.165, 1.54) is 5.56 Å². The Bertz CT molecular complexity index is 692. The van der Waals surface area contributed by atoms with E-state index < -0.39 is 0 Å².